The van der Waals surface area contributed by atoms with Crippen LogP contribution in [-0.4, -0.2) is 59.0 Å². The van der Waals surface area contributed by atoms with Crippen LogP contribution in [0.5, 0.6) is 0 Å². The number of hydrogen-bond donors (Lipinski definition) is 2. The van der Waals surface area contributed by atoms with Crippen molar-refractivity contribution in [3.05, 3.63) is 35.9 Å². The van der Waals surface area contributed by atoms with Crippen molar-refractivity contribution in [2.45, 2.75) is 91.1 Å². The van der Waals surface area contributed by atoms with Crippen LogP contribution >= 0.6 is 0 Å². The average Bonchev–Trinajstić information content (AvgIpc) is 3.26. The number of nitrogens with one attached hydrogen (secondary N) is 2. The maximum atomic E-state index is 12.9. The van der Waals surface area contributed by atoms with Gasteiger partial charge in [-0.25, -0.2) is 9.59 Å². The summed E-state index contributed by atoms with van der Waals surface area (Å²) in [6.45, 7) is 11.3. The third kappa shape index (κ3) is 9.22. The van der Waals surface area contributed by atoms with Gasteiger partial charge in [-0.05, 0) is 58.4 Å². The molecule has 0 aliphatic carbocycles. The number of nitrogens with zero attached hydrogens (tertiary/aromatic N) is 1. The van der Waals surface area contributed by atoms with E-state index < -0.39 is 47.6 Å². The van der Waals surface area contributed by atoms with E-state index in [9.17, 15) is 19.2 Å². The molecule has 1 heterocycles. The highest BCUT2D eigenvalue weighted by atomic mass is 16.6. The van der Waals surface area contributed by atoms with Crippen molar-refractivity contribution in [3.8, 4) is 0 Å². The highest BCUT2D eigenvalue weighted by Crippen LogP contribution is 2.21. The Hall–Kier alpha value is -3.10. The molecule has 9 heteroatoms. The zero-order chi connectivity index (χ0) is 26.2. The quantitative estimate of drug-likeness (QED) is 0.515. The Balaban J connectivity index is 1.95. The van der Waals surface area contributed by atoms with Gasteiger partial charge in [-0.3, -0.25) is 14.5 Å². The largest absolute Gasteiger partial charge is 0.459 e. The molecule has 1 aliphatic rings. The molecule has 35 heavy (non-hydrogen) atoms. The molecule has 3 atom stereocenters. The van der Waals surface area contributed by atoms with Crippen LogP contribution in [0.2, 0.25) is 0 Å². The topological polar surface area (TPSA) is 114 Å². The summed E-state index contributed by atoms with van der Waals surface area (Å²) in [5.41, 5.74) is 0.177. The number of carbonyl (C=O) groups excluding carboxylic acids is 4. The average molecular weight is 490 g/mol. The number of ether oxygens (including phenoxy) is 2. The first kappa shape index (κ1) is 28.1. The lowest BCUT2D eigenvalue weighted by molar-refractivity contribution is -0.149. The molecule has 2 N–H and O–H groups in total. The predicted molar refractivity (Wildman–Crippen MR) is 131 cm³/mol. The second kappa shape index (κ2) is 12.6. The van der Waals surface area contributed by atoms with Crippen LogP contribution in [0.4, 0.5) is 4.79 Å². The van der Waals surface area contributed by atoms with Gasteiger partial charge in [-0.2, -0.15) is 0 Å². The summed E-state index contributed by atoms with van der Waals surface area (Å²) < 4.78 is 10.8. The number of amides is 3. The predicted octanol–water partition coefficient (Wildman–Crippen LogP) is 3.16. The number of rotatable bonds is 9. The van der Waals surface area contributed by atoms with E-state index in [4.69, 9.17) is 9.47 Å². The normalized spacial score (nSPS) is 17.5. The first-order chi connectivity index (χ1) is 16.4. The van der Waals surface area contributed by atoms with Crippen molar-refractivity contribution in [1.29, 1.82) is 0 Å². The minimum atomic E-state index is -0.903. The van der Waals surface area contributed by atoms with Crippen molar-refractivity contribution < 1.29 is 28.7 Å². The Kier molecular flexibility index (Phi) is 10.1. The lowest BCUT2D eigenvalue weighted by Gasteiger charge is -2.28. The second-order valence-corrected chi connectivity index (χ2v) is 10.3. The molecule has 0 spiro atoms. The van der Waals surface area contributed by atoms with Crippen LogP contribution in [0.25, 0.3) is 0 Å². The van der Waals surface area contributed by atoms with Crippen molar-refractivity contribution in [2.24, 2.45) is 5.92 Å². The molecule has 0 radical (unpaired) electrons. The standard InChI is InChI=1S/C26H39N3O6/c1-17(2)15-20(24(32)34-16-19-11-8-7-9-12-19)28-22(30)18(3)27-23(31)21-13-10-14-29(21)25(33)35-26(4,5)6/h7-9,11-12,17-18,20-21H,10,13-16H2,1-6H3,(H,27,31)(H,28,30)/t18-,20-,21-/m0/s1. The first-order valence-electron chi connectivity index (χ1n) is 12.2. The molecule has 0 bridgehead atoms. The summed E-state index contributed by atoms with van der Waals surface area (Å²) in [7, 11) is 0. The van der Waals surface area contributed by atoms with E-state index in [1.807, 2.05) is 44.2 Å². The van der Waals surface area contributed by atoms with Gasteiger partial charge in [0, 0.05) is 6.54 Å². The Labute approximate surface area is 207 Å². The summed E-state index contributed by atoms with van der Waals surface area (Å²) in [6, 6.07) is 6.85. The summed E-state index contributed by atoms with van der Waals surface area (Å²) in [4.78, 5) is 52.3. The molecule has 1 aliphatic heterocycles. The van der Waals surface area contributed by atoms with E-state index in [1.54, 1.807) is 27.7 Å². The zero-order valence-electron chi connectivity index (χ0n) is 21.6. The van der Waals surface area contributed by atoms with Crippen LogP contribution in [0, 0.1) is 5.92 Å². The fourth-order valence-corrected chi connectivity index (χ4v) is 3.76. The van der Waals surface area contributed by atoms with Crippen LogP contribution in [0.1, 0.15) is 66.4 Å². The minimum Gasteiger partial charge on any atom is -0.459 e. The molecular formula is C26H39N3O6. The van der Waals surface area contributed by atoms with Gasteiger partial charge in [0.05, 0.1) is 0 Å². The van der Waals surface area contributed by atoms with Gasteiger partial charge in [0.1, 0.15) is 30.3 Å². The lowest BCUT2D eigenvalue weighted by atomic mass is 10.0. The summed E-state index contributed by atoms with van der Waals surface area (Å²) in [5.74, 6) is -1.32. The molecule has 0 unspecified atom stereocenters. The zero-order valence-corrected chi connectivity index (χ0v) is 21.6. The fourth-order valence-electron chi connectivity index (χ4n) is 3.76. The Bertz CT molecular complexity index is 881. The molecule has 1 aromatic carbocycles. The van der Waals surface area contributed by atoms with Crippen molar-refractivity contribution in [1.82, 2.24) is 15.5 Å². The smallest absolute Gasteiger partial charge is 0.410 e. The van der Waals surface area contributed by atoms with E-state index in [1.165, 1.54) is 4.90 Å². The van der Waals surface area contributed by atoms with Gasteiger partial charge in [-0.15, -0.1) is 0 Å². The molecule has 2 rings (SSSR count). The summed E-state index contributed by atoms with van der Waals surface area (Å²) in [5, 5.41) is 5.38. The van der Waals surface area contributed by atoms with Crippen molar-refractivity contribution >= 4 is 23.9 Å². The third-order valence-corrected chi connectivity index (χ3v) is 5.47. The Morgan fingerprint density at radius 1 is 1.06 bits per heavy atom. The highest BCUT2D eigenvalue weighted by molar-refractivity contribution is 5.93. The molecule has 0 aromatic heterocycles. The van der Waals surface area contributed by atoms with Gasteiger partial charge in [0.15, 0.2) is 0 Å². The van der Waals surface area contributed by atoms with Crippen LogP contribution in [0.3, 0.4) is 0 Å². The number of hydrogen-bond acceptors (Lipinski definition) is 6. The third-order valence-electron chi connectivity index (χ3n) is 5.47. The van der Waals surface area contributed by atoms with Gasteiger partial charge < -0.3 is 20.1 Å². The van der Waals surface area contributed by atoms with Gasteiger partial charge in [0.2, 0.25) is 11.8 Å². The SMILES string of the molecule is CC(C)C[C@H](NC(=O)[C@H](C)NC(=O)[C@@H]1CCCN1C(=O)OC(C)(C)C)C(=O)OCc1ccccc1. The summed E-state index contributed by atoms with van der Waals surface area (Å²) in [6.07, 6.45) is 1.00. The van der Waals surface area contributed by atoms with Gasteiger partial charge in [-0.1, -0.05) is 44.2 Å². The summed E-state index contributed by atoms with van der Waals surface area (Å²) >= 11 is 0. The van der Waals surface area contributed by atoms with E-state index >= 15 is 0 Å². The Morgan fingerprint density at radius 2 is 1.71 bits per heavy atom. The van der Waals surface area contributed by atoms with Crippen molar-refractivity contribution in [2.75, 3.05) is 6.54 Å². The molecule has 1 aromatic rings. The number of esters is 1. The number of benzene rings is 1. The van der Waals surface area contributed by atoms with E-state index in [-0.39, 0.29) is 12.5 Å². The Morgan fingerprint density at radius 3 is 2.31 bits per heavy atom. The van der Waals surface area contributed by atoms with Crippen LogP contribution < -0.4 is 10.6 Å². The van der Waals surface area contributed by atoms with Gasteiger partial charge in [0.25, 0.3) is 0 Å². The van der Waals surface area contributed by atoms with E-state index in [0.29, 0.717) is 25.8 Å². The monoisotopic (exact) mass is 489 g/mol. The second-order valence-electron chi connectivity index (χ2n) is 10.3. The van der Waals surface area contributed by atoms with Crippen LogP contribution in [-0.2, 0) is 30.5 Å². The molecule has 194 valence electrons. The molecular weight excluding hydrogens is 450 g/mol. The van der Waals surface area contributed by atoms with Crippen molar-refractivity contribution in [3.63, 3.8) is 0 Å². The highest BCUT2D eigenvalue weighted by Gasteiger charge is 2.37. The van der Waals surface area contributed by atoms with Gasteiger partial charge >= 0.3 is 12.1 Å². The number of likely N-dealkylation sites (tertiary alicyclic amines) is 1. The van der Waals surface area contributed by atoms with Crippen LogP contribution in [0.15, 0.2) is 30.3 Å². The molecule has 1 fully saturated rings. The molecule has 0 saturated carbocycles. The number of carbonyl (C=O) groups is 4. The minimum absolute atomic E-state index is 0.110. The van der Waals surface area contributed by atoms with E-state index in [0.717, 1.165) is 5.56 Å². The maximum Gasteiger partial charge on any atom is 0.410 e. The molecule has 9 nitrogen and oxygen atoms in total. The molecule has 1 saturated heterocycles. The maximum absolute atomic E-state index is 12.9. The lowest BCUT2D eigenvalue weighted by Crippen LogP contribution is -2.54. The first-order valence-corrected chi connectivity index (χ1v) is 12.2. The van der Waals surface area contributed by atoms with E-state index in [2.05, 4.69) is 10.6 Å². The molecule has 3 amide bonds. The fraction of sp³-hybridized carbons (Fsp3) is 0.615.